The van der Waals surface area contributed by atoms with Gasteiger partial charge in [0.15, 0.2) is 0 Å². The SMILES string of the molecule is CCCN(CCC)C(=O)c1cc(C)cc(C(=O)N[C@@H](Cc2cc(F)cc(F)c2)[C@H](O)[C@H]2CNCCN2C(=O)OC(C)(C)C)c1. The van der Waals surface area contributed by atoms with Crippen LogP contribution in [0.3, 0.4) is 0 Å². The molecule has 242 valence electrons. The zero-order valence-electron chi connectivity index (χ0n) is 26.6. The second kappa shape index (κ2) is 15.4. The zero-order valence-corrected chi connectivity index (χ0v) is 26.6. The van der Waals surface area contributed by atoms with E-state index < -0.39 is 47.4 Å². The molecule has 2 aromatic carbocycles. The third-order valence-electron chi connectivity index (χ3n) is 7.27. The summed E-state index contributed by atoms with van der Waals surface area (Å²) in [4.78, 5) is 43.3. The van der Waals surface area contributed by atoms with Crippen LogP contribution in [-0.4, -0.2) is 89.3 Å². The first-order valence-electron chi connectivity index (χ1n) is 15.3. The van der Waals surface area contributed by atoms with Crippen LogP contribution in [0, 0.1) is 18.6 Å². The molecular formula is C33H46F2N4O5. The number of nitrogens with zero attached hydrogens (tertiary/aromatic N) is 2. The van der Waals surface area contributed by atoms with Gasteiger partial charge in [-0.25, -0.2) is 13.6 Å². The van der Waals surface area contributed by atoms with E-state index in [0.717, 1.165) is 31.0 Å². The second-order valence-electron chi connectivity index (χ2n) is 12.4. The van der Waals surface area contributed by atoms with Gasteiger partial charge in [-0.3, -0.25) is 14.5 Å². The van der Waals surface area contributed by atoms with Crippen molar-refractivity contribution in [3.05, 3.63) is 70.3 Å². The van der Waals surface area contributed by atoms with Crippen LogP contribution in [0.25, 0.3) is 0 Å². The highest BCUT2D eigenvalue weighted by Crippen LogP contribution is 2.21. The summed E-state index contributed by atoms with van der Waals surface area (Å²) in [6.07, 6.45) is -0.502. The van der Waals surface area contributed by atoms with Gasteiger partial charge in [0.1, 0.15) is 17.2 Å². The molecule has 2 aromatic rings. The van der Waals surface area contributed by atoms with E-state index in [1.807, 2.05) is 13.8 Å². The standard InChI is InChI=1S/C33H46F2N4O5/c1-7-10-38(11-8-2)31(42)24-14-21(3)13-23(18-24)30(41)37-27(17-22-15-25(34)19-26(35)16-22)29(40)28-20-36-9-12-39(28)32(43)44-33(4,5)6/h13-16,18-19,27-29,36,40H,7-12,17,20H2,1-6H3,(H,37,41)/t27-,28+,29-/m0/s1. The number of aryl methyl sites for hydroxylation is 1. The van der Waals surface area contributed by atoms with E-state index in [2.05, 4.69) is 10.6 Å². The molecule has 11 heteroatoms. The first-order valence-corrected chi connectivity index (χ1v) is 15.3. The molecule has 3 N–H and O–H groups in total. The minimum Gasteiger partial charge on any atom is -0.444 e. The monoisotopic (exact) mass is 616 g/mol. The van der Waals surface area contributed by atoms with Gasteiger partial charge in [-0.1, -0.05) is 13.8 Å². The number of hydrogen-bond acceptors (Lipinski definition) is 6. The molecule has 0 unspecified atom stereocenters. The predicted octanol–water partition coefficient (Wildman–Crippen LogP) is 4.45. The fourth-order valence-corrected chi connectivity index (χ4v) is 5.41. The van der Waals surface area contributed by atoms with Crippen LogP contribution in [0.1, 0.15) is 79.3 Å². The fraction of sp³-hybridized carbons (Fsp3) is 0.545. The van der Waals surface area contributed by atoms with Crippen LogP contribution in [0.4, 0.5) is 13.6 Å². The Hall–Kier alpha value is -3.57. The van der Waals surface area contributed by atoms with Crippen LogP contribution in [-0.2, 0) is 11.2 Å². The van der Waals surface area contributed by atoms with E-state index >= 15 is 0 Å². The van der Waals surface area contributed by atoms with Gasteiger partial charge in [-0.05, 0) is 88.4 Å². The lowest BCUT2D eigenvalue weighted by atomic mass is 9.93. The summed E-state index contributed by atoms with van der Waals surface area (Å²) in [6.45, 7) is 13.1. The summed E-state index contributed by atoms with van der Waals surface area (Å²) in [5.41, 5.74) is 0.720. The largest absolute Gasteiger partial charge is 0.444 e. The number of aliphatic hydroxyl groups excluding tert-OH is 1. The number of nitrogens with one attached hydrogen (secondary N) is 2. The Bertz CT molecular complexity index is 1290. The lowest BCUT2D eigenvalue weighted by Crippen LogP contribution is -2.63. The molecule has 0 bridgehead atoms. The van der Waals surface area contributed by atoms with E-state index in [-0.39, 0.29) is 36.5 Å². The molecule has 0 radical (unpaired) electrons. The number of rotatable bonds is 11. The van der Waals surface area contributed by atoms with Gasteiger partial charge in [-0.2, -0.15) is 0 Å². The Balaban J connectivity index is 1.95. The van der Waals surface area contributed by atoms with Crippen molar-refractivity contribution >= 4 is 17.9 Å². The van der Waals surface area contributed by atoms with Crippen molar-refractivity contribution < 1.29 is 33.0 Å². The Morgan fingerprint density at radius 3 is 2.25 bits per heavy atom. The van der Waals surface area contributed by atoms with Crippen LogP contribution in [0.15, 0.2) is 36.4 Å². The topological polar surface area (TPSA) is 111 Å². The average Bonchev–Trinajstić information content (AvgIpc) is 2.94. The quantitative estimate of drug-likeness (QED) is 0.344. The number of benzene rings is 2. The van der Waals surface area contributed by atoms with E-state index in [1.54, 1.807) is 44.7 Å². The highest BCUT2D eigenvalue weighted by Gasteiger charge is 2.39. The molecule has 3 rings (SSSR count). The maximum absolute atomic E-state index is 14.1. The number of ether oxygens (including phenoxy) is 1. The minimum absolute atomic E-state index is 0.126. The fourth-order valence-electron chi connectivity index (χ4n) is 5.41. The highest BCUT2D eigenvalue weighted by atomic mass is 19.1. The van der Waals surface area contributed by atoms with Crippen molar-refractivity contribution in [2.45, 2.75) is 84.6 Å². The van der Waals surface area contributed by atoms with Crippen LogP contribution >= 0.6 is 0 Å². The molecule has 0 saturated carbocycles. The van der Waals surface area contributed by atoms with Crippen molar-refractivity contribution in [3.63, 3.8) is 0 Å². The smallest absolute Gasteiger partial charge is 0.410 e. The van der Waals surface area contributed by atoms with E-state index in [1.165, 1.54) is 11.0 Å². The Kier molecular flexibility index (Phi) is 12.2. The number of halogens is 2. The number of carbonyl (C=O) groups excluding carboxylic acids is 3. The Labute approximate surface area is 258 Å². The Morgan fingerprint density at radius 2 is 1.66 bits per heavy atom. The second-order valence-corrected chi connectivity index (χ2v) is 12.4. The molecule has 1 aliphatic rings. The summed E-state index contributed by atoms with van der Waals surface area (Å²) in [6, 6.07) is 6.03. The number of aliphatic hydroxyl groups is 1. The normalized spacial score (nSPS) is 16.7. The van der Waals surface area contributed by atoms with Crippen LogP contribution in [0.5, 0.6) is 0 Å². The summed E-state index contributed by atoms with van der Waals surface area (Å²) >= 11 is 0. The van der Waals surface area contributed by atoms with E-state index in [4.69, 9.17) is 4.74 Å². The molecule has 9 nitrogen and oxygen atoms in total. The summed E-state index contributed by atoms with van der Waals surface area (Å²) in [5.74, 6) is -2.34. The molecule has 3 atom stereocenters. The first-order chi connectivity index (χ1) is 20.7. The molecule has 44 heavy (non-hydrogen) atoms. The number of piperazine rings is 1. The lowest BCUT2D eigenvalue weighted by molar-refractivity contribution is -0.0200. The lowest BCUT2D eigenvalue weighted by Gasteiger charge is -2.41. The molecule has 1 fully saturated rings. The molecule has 1 saturated heterocycles. The first kappa shape index (κ1) is 34.9. The summed E-state index contributed by atoms with van der Waals surface area (Å²) in [5, 5.41) is 17.7. The zero-order chi connectivity index (χ0) is 32.6. The van der Waals surface area contributed by atoms with Crippen LogP contribution in [0.2, 0.25) is 0 Å². The average molecular weight is 617 g/mol. The van der Waals surface area contributed by atoms with Gasteiger partial charge in [0.05, 0.1) is 18.2 Å². The summed E-state index contributed by atoms with van der Waals surface area (Å²) < 4.78 is 33.8. The number of amides is 3. The van der Waals surface area contributed by atoms with Gasteiger partial charge in [0, 0.05) is 49.9 Å². The third kappa shape index (κ3) is 9.72. The van der Waals surface area contributed by atoms with E-state index in [0.29, 0.717) is 30.8 Å². The molecule has 0 aliphatic carbocycles. The molecule has 0 aromatic heterocycles. The molecule has 3 amide bonds. The highest BCUT2D eigenvalue weighted by molar-refractivity contribution is 6.00. The third-order valence-corrected chi connectivity index (χ3v) is 7.27. The van der Waals surface area contributed by atoms with Gasteiger partial charge in [0.25, 0.3) is 11.8 Å². The number of carbonyl (C=O) groups is 3. The van der Waals surface area contributed by atoms with Crippen molar-refractivity contribution in [2.75, 3.05) is 32.7 Å². The van der Waals surface area contributed by atoms with Crippen molar-refractivity contribution in [2.24, 2.45) is 0 Å². The molecule has 1 heterocycles. The van der Waals surface area contributed by atoms with Crippen LogP contribution < -0.4 is 10.6 Å². The van der Waals surface area contributed by atoms with Gasteiger partial charge in [-0.15, -0.1) is 0 Å². The van der Waals surface area contributed by atoms with Gasteiger partial charge < -0.3 is 25.4 Å². The van der Waals surface area contributed by atoms with Crippen molar-refractivity contribution in [3.8, 4) is 0 Å². The predicted molar refractivity (Wildman–Crippen MR) is 165 cm³/mol. The molecule has 0 spiro atoms. The molecular weight excluding hydrogens is 570 g/mol. The van der Waals surface area contributed by atoms with Gasteiger partial charge >= 0.3 is 6.09 Å². The van der Waals surface area contributed by atoms with E-state index in [9.17, 15) is 28.3 Å². The van der Waals surface area contributed by atoms with Gasteiger partial charge in [0.2, 0.25) is 0 Å². The minimum atomic E-state index is -1.35. The van der Waals surface area contributed by atoms with Crippen molar-refractivity contribution in [1.29, 1.82) is 0 Å². The molecule has 1 aliphatic heterocycles. The maximum atomic E-state index is 14.1. The summed E-state index contributed by atoms with van der Waals surface area (Å²) in [7, 11) is 0. The number of hydrogen-bond donors (Lipinski definition) is 3. The maximum Gasteiger partial charge on any atom is 0.410 e. The van der Waals surface area contributed by atoms with Crippen molar-refractivity contribution in [1.82, 2.24) is 20.4 Å². The Morgan fingerprint density at radius 1 is 1.05 bits per heavy atom.